The summed E-state index contributed by atoms with van der Waals surface area (Å²) in [6.07, 6.45) is 6.63. The predicted molar refractivity (Wildman–Crippen MR) is 219 cm³/mol. The summed E-state index contributed by atoms with van der Waals surface area (Å²) in [6, 6.07) is -8.29. The van der Waals surface area contributed by atoms with E-state index in [1.807, 2.05) is 11.4 Å². The number of hydroxylamine groups is 2. The Bertz CT molecular complexity index is 1380. The molecule has 0 radical (unpaired) electrons. The van der Waals surface area contributed by atoms with Gasteiger partial charge in [0, 0.05) is 19.5 Å². The number of carbonyl (C=O) groups is 8. The topological polar surface area (TPSA) is 385 Å². The summed E-state index contributed by atoms with van der Waals surface area (Å²) in [6.45, 7) is 0.422. The fourth-order valence-electron chi connectivity index (χ4n) is 5.66. The van der Waals surface area contributed by atoms with E-state index in [9.17, 15) is 69.1 Å². The van der Waals surface area contributed by atoms with Gasteiger partial charge in [0.15, 0.2) is 6.10 Å². The number of carboxylic acid groups (broad SMARTS) is 1. The van der Waals surface area contributed by atoms with Crippen molar-refractivity contribution in [2.24, 2.45) is 11.5 Å². The van der Waals surface area contributed by atoms with Crippen LogP contribution >= 0.6 is 0 Å². The first-order chi connectivity index (χ1) is 29.1. The van der Waals surface area contributed by atoms with Crippen LogP contribution in [0.5, 0.6) is 0 Å². The van der Waals surface area contributed by atoms with E-state index in [0.717, 1.165) is 25.7 Å². The van der Waals surface area contributed by atoms with Gasteiger partial charge in [0.2, 0.25) is 41.9 Å². The molecule has 0 saturated heterocycles. The van der Waals surface area contributed by atoms with Crippen LogP contribution in [0.1, 0.15) is 96.8 Å². The Morgan fingerprint density at radius 2 is 1.31 bits per heavy atom. The third-order valence-corrected chi connectivity index (χ3v) is 9.20. The number of carbonyl (C=O) groups excluding carboxylic acids is 7. The summed E-state index contributed by atoms with van der Waals surface area (Å²) < 4.78 is 0. The fraction of sp³-hybridized carbons (Fsp3) is 0.737. The minimum atomic E-state index is -2.63. The Morgan fingerprint density at radius 1 is 0.672 bits per heavy atom. The number of unbranched alkanes of at least 4 members (excludes halogenated alkanes) is 6. The van der Waals surface area contributed by atoms with Crippen molar-refractivity contribution >= 4 is 47.8 Å². The number of nitrogens with one attached hydrogen (secondary N) is 6. The number of nitrogens with zero attached hydrogens (tertiary/aromatic N) is 1. The molecule has 0 aliphatic heterocycles. The van der Waals surface area contributed by atoms with Gasteiger partial charge in [0.1, 0.15) is 24.2 Å². The first-order valence-electron chi connectivity index (χ1n) is 20.6. The van der Waals surface area contributed by atoms with Gasteiger partial charge in [-0.2, -0.15) is 0 Å². The zero-order chi connectivity index (χ0) is 46.2. The zero-order valence-corrected chi connectivity index (χ0v) is 35.0. The lowest BCUT2D eigenvalue weighted by Crippen LogP contribution is -2.62. The number of hydrogen-bond acceptors (Lipinski definition) is 15. The smallest absolute Gasteiger partial charge is 0.335 e. The zero-order valence-electron chi connectivity index (χ0n) is 35.0. The van der Waals surface area contributed by atoms with E-state index in [1.54, 1.807) is 0 Å². The van der Waals surface area contributed by atoms with Crippen molar-refractivity contribution in [1.82, 2.24) is 37.0 Å². The number of allylic oxidation sites excluding steroid dienone is 2. The SMILES string of the molecule is CCCCCC/C=C/CCCC(=O)N[C@@H](CO)[C@@H](O)CC(=O)N[C@@H](CO)C(=O)N[C@H](C(=O)N[C@@H](CCN)C(=O)N[C@@H](CCCN(O)C=O)C(=O)NCCCCN)[C@@H](O)C(=O)O. The van der Waals surface area contributed by atoms with E-state index in [0.29, 0.717) is 37.3 Å². The van der Waals surface area contributed by atoms with Crippen molar-refractivity contribution < 1.29 is 69.1 Å². The third kappa shape index (κ3) is 24.9. The van der Waals surface area contributed by atoms with Crippen molar-refractivity contribution in [3.8, 4) is 0 Å². The largest absolute Gasteiger partial charge is 0.479 e. The molecule has 61 heavy (non-hydrogen) atoms. The minimum absolute atomic E-state index is 0.0426. The maximum Gasteiger partial charge on any atom is 0.335 e. The molecule has 23 nitrogen and oxygen atoms in total. The van der Waals surface area contributed by atoms with Gasteiger partial charge < -0.3 is 68.9 Å². The second kappa shape index (κ2) is 33.9. The van der Waals surface area contributed by atoms with Gasteiger partial charge in [0.25, 0.3) is 0 Å². The van der Waals surface area contributed by atoms with Gasteiger partial charge in [0.05, 0.1) is 31.8 Å². The summed E-state index contributed by atoms with van der Waals surface area (Å²) in [4.78, 5) is 101. The summed E-state index contributed by atoms with van der Waals surface area (Å²) >= 11 is 0. The van der Waals surface area contributed by atoms with Gasteiger partial charge in [-0.05, 0) is 70.9 Å². The number of rotatable bonds is 36. The van der Waals surface area contributed by atoms with Gasteiger partial charge >= 0.3 is 5.97 Å². The molecule has 23 heteroatoms. The summed E-state index contributed by atoms with van der Waals surface area (Å²) in [5.74, 6) is -7.95. The highest BCUT2D eigenvalue weighted by Crippen LogP contribution is 2.07. The molecule has 0 fully saturated rings. The molecule has 0 aliphatic carbocycles. The molecule has 0 aromatic carbocycles. The van der Waals surface area contributed by atoms with Crippen molar-refractivity contribution in [2.75, 3.05) is 39.4 Å². The van der Waals surface area contributed by atoms with Crippen LogP contribution < -0.4 is 43.4 Å². The Morgan fingerprint density at radius 3 is 1.90 bits per heavy atom. The van der Waals surface area contributed by atoms with Crippen LogP contribution in [0.25, 0.3) is 0 Å². The molecular formula is C38H69N9O14. The molecule has 350 valence electrons. The molecule has 0 saturated carbocycles. The number of amides is 7. The normalized spacial score (nSPS) is 14.6. The first kappa shape index (κ1) is 56.2. The summed E-state index contributed by atoms with van der Waals surface area (Å²) in [5.41, 5.74) is 11.1. The molecule has 7 amide bonds. The average Bonchev–Trinajstić information content (AvgIpc) is 3.23. The van der Waals surface area contributed by atoms with Crippen LogP contribution in [-0.2, 0) is 38.4 Å². The number of nitrogens with two attached hydrogens (primary N) is 2. The van der Waals surface area contributed by atoms with Crippen LogP contribution in [0.15, 0.2) is 12.2 Å². The molecule has 7 atom stereocenters. The van der Waals surface area contributed by atoms with E-state index < -0.39 is 103 Å². The molecule has 0 bridgehead atoms. The first-order valence-corrected chi connectivity index (χ1v) is 20.6. The number of aliphatic hydroxyl groups excluding tert-OH is 4. The lowest BCUT2D eigenvalue weighted by atomic mass is 10.1. The van der Waals surface area contributed by atoms with Crippen LogP contribution in [0.4, 0.5) is 0 Å². The number of hydrogen-bond donors (Lipinski definition) is 14. The van der Waals surface area contributed by atoms with Crippen LogP contribution in [0.3, 0.4) is 0 Å². The summed E-state index contributed by atoms with van der Waals surface area (Å²) in [7, 11) is 0. The predicted octanol–water partition coefficient (Wildman–Crippen LogP) is -3.88. The molecule has 0 unspecified atom stereocenters. The minimum Gasteiger partial charge on any atom is -0.479 e. The van der Waals surface area contributed by atoms with Crippen LogP contribution in [0.2, 0.25) is 0 Å². The van der Waals surface area contributed by atoms with Gasteiger partial charge in [-0.25, -0.2) is 9.86 Å². The van der Waals surface area contributed by atoms with E-state index in [4.69, 9.17) is 11.5 Å². The van der Waals surface area contributed by atoms with E-state index in [-0.39, 0.29) is 51.7 Å². The van der Waals surface area contributed by atoms with Crippen molar-refractivity contribution in [3.63, 3.8) is 0 Å². The Labute approximate surface area is 355 Å². The Hall–Kier alpha value is -4.78. The van der Waals surface area contributed by atoms with Gasteiger partial charge in [-0.3, -0.25) is 38.8 Å². The molecule has 0 aromatic heterocycles. The number of aliphatic carboxylic acids is 1. The van der Waals surface area contributed by atoms with Crippen molar-refractivity contribution in [3.05, 3.63) is 12.2 Å². The highest BCUT2D eigenvalue weighted by molar-refractivity contribution is 5.98. The highest BCUT2D eigenvalue weighted by Gasteiger charge is 2.38. The standard InChI is InChI=1S/C38H69N9O14/c1-2-3-4-5-6-7-8-9-10-15-30(52)42-27(22-48)29(51)21-31(53)43-28(23-49)36(57)46-32(33(54)38(59)60)37(58)45-26(16-18-40)35(56)44-25(14-13-20-47(61)24-50)34(55)41-19-12-11-17-39/h7-8,24-29,32-33,48-49,51,54,61H,2-6,9-23,39-40H2,1H3,(H,41,55)(H,42,52)(H,43,53)(H,44,56)(H,45,58)(H,46,57)(H,59,60)/b8-7+/t25-,26-,27-,28-,29-,32-,33+/m0/s1. The second-order valence-electron chi connectivity index (χ2n) is 14.3. The summed E-state index contributed by atoms with van der Waals surface area (Å²) in [5, 5.41) is 73.5. The molecule has 0 rings (SSSR count). The lowest BCUT2D eigenvalue weighted by molar-refractivity contribution is -0.152. The van der Waals surface area contributed by atoms with E-state index in [1.165, 1.54) is 6.42 Å². The fourth-order valence-corrected chi connectivity index (χ4v) is 5.66. The maximum absolute atomic E-state index is 13.4. The number of aliphatic hydroxyl groups is 4. The Balaban J connectivity index is 5.64. The van der Waals surface area contributed by atoms with Crippen molar-refractivity contribution in [2.45, 2.75) is 139 Å². The second-order valence-corrected chi connectivity index (χ2v) is 14.3. The number of carboxylic acids is 1. The van der Waals surface area contributed by atoms with Crippen molar-refractivity contribution in [1.29, 1.82) is 0 Å². The molecule has 0 aromatic rings. The molecular weight excluding hydrogens is 806 g/mol. The molecule has 16 N–H and O–H groups in total. The Kier molecular flexibility index (Phi) is 31.2. The molecule has 0 spiro atoms. The van der Waals surface area contributed by atoms with E-state index in [2.05, 4.69) is 39.6 Å². The molecule has 0 aliphatic rings. The quantitative estimate of drug-likeness (QED) is 0.00941. The third-order valence-electron chi connectivity index (χ3n) is 9.20. The lowest BCUT2D eigenvalue weighted by Gasteiger charge is -2.27. The molecule has 0 heterocycles. The van der Waals surface area contributed by atoms with Crippen LogP contribution in [-0.4, -0.2) is 165 Å². The van der Waals surface area contributed by atoms with Gasteiger partial charge in [-0.1, -0.05) is 38.3 Å². The van der Waals surface area contributed by atoms with Gasteiger partial charge in [-0.15, -0.1) is 0 Å². The maximum atomic E-state index is 13.4. The van der Waals surface area contributed by atoms with E-state index >= 15 is 0 Å². The highest BCUT2D eigenvalue weighted by atomic mass is 16.5. The monoisotopic (exact) mass is 875 g/mol. The van der Waals surface area contributed by atoms with Crippen LogP contribution in [0, 0.1) is 0 Å². The average molecular weight is 876 g/mol.